The van der Waals surface area contributed by atoms with Gasteiger partial charge in [-0.3, -0.25) is 4.79 Å². The van der Waals surface area contributed by atoms with E-state index in [1.165, 1.54) is 0 Å². The van der Waals surface area contributed by atoms with E-state index in [0.29, 0.717) is 18.8 Å². The number of hydrogen-bond donors (Lipinski definition) is 2. The number of alkyl halides is 1. The third-order valence-corrected chi connectivity index (χ3v) is 2.61. The summed E-state index contributed by atoms with van der Waals surface area (Å²) in [5.41, 5.74) is 0. The quantitative estimate of drug-likeness (QED) is 0.641. The zero-order valence-electron chi connectivity index (χ0n) is 8.92. The number of halogens is 1. The van der Waals surface area contributed by atoms with Crippen molar-refractivity contribution in [3.63, 3.8) is 0 Å². The Morgan fingerprint density at radius 3 is 2.43 bits per heavy atom. The number of aliphatic hydroxyl groups is 1. The minimum absolute atomic E-state index is 0.0926. The minimum atomic E-state index is -0.440. The van der Waals surface area contributed by atoms with Gasteiger partial charge < -0.3 is 10.4 Å². The van der Waals surface area contributed by atoms with Crippen LogP contribution in [-0.4, -0.2) is 29.5 Å². The van der Waals surface area contributed by atoms with Crippen molar-refractivity contribution in [2.75, 3.05) is 12.4 Å². The average molecular weight is 222 g/mol. The SMILES string of the molecule is CCC(CC)C(O)CNC(=O)CCCl. The maximum Gasteiger partial charge on any atom is 0.221 e. The van der Waals surface area contributed by atoms with Crippen LogP contribution in [-0.2, 0) is 4.79 Å². The number of rotatable bonds is 7. The van der Waals surface area contributed by atoms with Gasteiger partial charge in [-0.1, -0.05) is 26.7 Å². The molecule has 84 valence electrons. The predicted molar refractivity (Wildman–Crippen MR) is 58.4 cm³/mol. The monoisotopic (exact) mass is 221 g/mol. The second kappa shape index (κ2) is 8.06. The van der Waals surface area contributed by atoms with Gasteiger partial charge in [-0.2, -0.15) is 0 Å². The van der Waals surface area contributed by atoms with Gasteiger partial charge >= 0.3 is 0 Å². The van der Waals surface area contributed by atoms with Crippen LogP contribution < -0.4 is 5.32 Å². The highest BCUT2D eigenvalue weighted by Gasteiger charge is 2.15. The van der Waals surface area contributed by atoms with Crippen molar-refractivity contribution in [2.45, 2.75) is 39.2 Å². The molecule has 0 spiro atoms. The summed E-state index contributed by atoms with van der Waals surface area (Å²) < 4.78 is 0. The first kappa shape index (κ1) is 13.7. The molecule has 0 aliphatic heterocycles. The van der Waals surface area contributed by atoms with Gasteiger partial charge in [0.15, 0.2) is 0 Å². The van der Waals surface area contributed by atoms with E-state index in [9.17, 15) is 9.90 Å². The molecule has 4 heteroatoms. The highest BCUT2D eigenvalue weighted by Crippen LogP contribution is 2.12. The van der Waals surface area contributed by atoms with E-state index in [1.807, 2.05) is 13.8 Å². The van der Waals surface area contributed by atoms with Crippen LogP contribution in [0.15, 0.2) is 0 Å². The number of amides is 1. The van der Waals surface area contributed by atoms with E-state index in [4.69, 9.17) is 11.6 Å². The molecule has 0 aromatic heterocycles. The molecule has 0 aromatic carbocycles. The molecule has 0 saturated heterocycles. The summed E-state index contributed by atoms with van der Waals surface area (Å²) in [6.45, 7) is 4.41. The molecular weight excluding hydrogens is 202 g/mol. The lowest BCUT2D eigenvalue weighted by atomic mass is 9.96. The first-order chi connectivity index (χ1) is 6.65. The second-order valence-corrected chi connectivity index (χ2v) is 3.76. The normalized spacial score (nSPS) is 12.9. The summed E-state index contributed by atoms with van der Waals surface area (Å²) in [6.07, 6.45) is 1.74. The highest BCUT2D eigenvalue weighted by molar-refractivity contribution is 6.18. The fraction of sp³-hybridized carbons (Fsp3) is 0.900. The Morgan fingerprint density at radius 2 is 2.00 bits per heavy atom. The Hall–Kier alpha value is -0.280. The summed E-state index contributed by atoms with van der Waals surface area (Å²) in [5.74, 6) is 0.503. The van der Waals surface area contributed by atoms with Crippen molar-refractivity contribution in [3.8, 4) is 0 Å². The molecule has 0 aromatic rings. The molecule has 0 heterocycles. The molecule has 0 aliphatic carbocycles. The Morgan fingerprint density at radius 1 is 1.43 bits per heavy atom. The smallest absolute Gasteiger partial charge is 0.221 e. The zero-order chi connectivity index (χ0) is 11.0. The maximum atomic E-state index is 11.0. The molecule has 3 nitrogen and oxygen atoms in total. The summed E-state index contributed by atoms with van der Waals surface area (Å²) in [7, 11) is 0. The standard InChI is InChI=1S/C10H20ClNO2/c1-3-8(4-2)9(13)7-12-10(14)5-6-11/h8-9,13H,3-7H2,1-2H3,(H,12,14). The van der Waals surface area contributed by atoms with Crippen molar-refractivity contribution in [1.82, 2.24) is 5.32 Å². The van der Waals surface area contributed by atoms with Crippen LogP contribution in [0.2, 0.25) is 0 Å². The van der Waals surface area contributed by atoms with Gasteiger partial charge in [0, 0.05) is 18.8 Å². The number of carbonyl (C=O) groups is 1. The van der Waals surface area contributed by atoms with Crippen molar-refractivity contribution in [3.05, 3.63) is 0 Å². The molecule has 0 fully saturated rings. The van der Waals surface area contributed by atoms with Crippen LogP contribution in [0.25, 0.3) is 0 Å². The molecule has 14 heavy (non-hydrogen) atoms. The highest BCUT2D eigenvalue weighted by atomic mass is 35.5. The van der Waals surface area contributed by atoms with Gasteiger partial charge in [0.2, 0.25) is 5.91 Å². The fourth-order valence-corrected chi connectivity index (χ4v) is 1.56. The Bertz CT molecular complexity index is 160. The lowest BCUT2D eigenvalue weighted by Gasteiger charge is -2.20. The average Bonchev–Trinajstić information content (AvgIpc) is 2.17. The first-order valence-corrected chi connectivity index (χ1v) is 5.69. The number of nitrogens with one attached hydrogen (secondary N) is 1. The van der Waals surface area contributed by atoms with Crippen LogP contribution in [0.4, 0.5) is 0 Å². The summed E-state index contributed by atoms with van der Waals surface area (Å²) in [5, 5.41) is 12.3. The van der Waals surface area contributed by atoms with E-state index in [2.05, 4.69) is 5.32 Å². The fourth-order valence-electron chi connectivity index (χ4n) is 1.39. The van der Waals surface area contributed by atoms with Crippen LogP contribution in [0.3, 0.4) is 0 Å². The van der Waals surface area contributed by atoms with Crippen LogP contribution in [0, 0.1) is 5.92 Å². The lowest BCUT2D eigenvalue weighted by Crippen LogP contribution is -2.36. The molecular formula is C10H20ClNO2. The van der Waals surface area contributed by atoms with Crippen LogP contribution >= 0.6 is 11.6 Å². The minimum Gasteiger partial charge on any atom is -0.391 e. The van der Waals surface area contributed by atoms with E-state index >= 15 is 0 Å². The van der Waals surface area contributed by atoms with E-state index < -0.39 is 6.10 Å². The van der Waals surface area contributed by atoms with Crippen molar-refractivity contribution < 1.29 is 9.90 Å². The van der Waals surface area contributed by atoms with Crippen LogP contribution in [0.1, 0.15) is 33.1 Å². The molecule has 0 saturated carbocycles. The Kier molecular flexibility index (Phi) is 7.90. The molecule has 0 rings (SSSR count). The van der Waals surface area contributed by atoms with Gasteiger partial charge in [-0.25, -0.2) is 0 Å². The molecule has 2 N–H and O–H groups in total. The second-order valence-electron chi connectivity index (χ2n) is 3.39. The zero-order valence-corrected chi connectivity index (χ0v) is 9.68. The number of carbonyl (C=O) groups excluding carboxylic acids is 1. The Balaban J connectivity index is 3.71. The number of hydrogen-bond acceptors (Lipinski definition) is 2. The van der Waals surface area contributed by atoms with E-state index in [-0.39, 0.29) is 11.8 Å². The molecule has 0 radical (unpaired) electrons. The predicted octanol–water partition coefficient (Wildman–Crippen LogP) is 1.53. The largest absolute Gasteiger partial charge is 0.391 e. The van der Waals surface area contributed by atoms with Gasteiger partial charge in [0.25, 0.3) is 0 Å². The maximum absolute atomic E-state index is 11.0. The number of aliphatic hydroxyl groups excluding tert-OH is 1. The topological polar surface area (TPSA) is 49.3 Å². The van der Waals surface area contributed by atoms with Crippen molar-refractivity contribution >= 4 is 17.5 Å². The third kappa shape index (κ3) is 5.45. The molecule has 1 unspecified atom stereocenters. The molecule has 1 amide bonds. The first-order valence-electron chi connectivity index (χ1n) is 5.16. The third-order valence-electron chi connectivity index (χ3n) is 2.42. The van der Waals surface area contributed by atoms with Crippen LogP contribution in [0.5, 0.6) is 0 Å². The molecule has 0 bridgehead atoms. The molecule has 0 aliphatic rings. The molecule has 1 atom stereocenters. The summed E-state index contributed by atoms with van der Waals surface area (Å²) >= 11 is 5.41. The van der Waals surface area contributed by atoms with E-state index in [1.54, 1.807) is 0 Å². The van der Waals surface area contributed by atoms with E-state index in [0.717, 1.165) is 12.8 Å². The summed E-state index contributed by atoms with van der Waals surface area (Å²) in [4.78, 5) is 11.0. The van der Waals surface area contributed by atoms with Crippen molar-refractivity contribution in [1.29, 1.82) is 0 Å². The van der Waals surface area contributed by atoms with Gasteiger partial charge in [0.05, 0.1) is 6.10 Å². The van der Waals surface area contributed by atoms with Gasteiger partial charge in [0.1, 0.15) is 0 Å². The Labute approximate surface area is 90.8 Å². The van der Waals surface area contributed by atoms with Gasteiger partial charge in [-0.15, -0.1) is 11.6 Å². The van der Waals surface area contributed by atoms with Crippen molar-refractivity contribution in [2.24, 2.45) is 5.92 Å². The summed E-state index contributed by atoms with van der Waals surface area (Å²) in [6, 6.07) is 0. The van der Waals surface area contributed by atoms with Gasteiger partial charge in [-0.05, 0) is 5.92 Å². The lowest BCUT2D eigenvalue weighted by molar-refractivity contribution is -0.121.